The van der Waals surface area contributed by atoms with Crippen molar-refractivity contribution < 1.29 is 9.18 Å². The molecule has 156 valence electrons. The largest absolute Gasteiger partial charge is 0.349 e. The summed E-state index contributed by atoms with van der Waals surface area (Å²) in [6, 6.07) is 12.3. The Balaban J connectivity index is 1.35. The molecule has 8 heteroatoms. The van der Waals surface area contributed by atoms with Gasteiger partial charge in [-0.05, 0) is 73.6 Å². The van der Waals surface area contributed by atoms with Crippen LogP contribution in [0.1, 0.15) is 42.5 Å². The summed E-state index contributed by atoms with van der Waals surface area (Å²) in [7, 11) is 0. The molecule has 1 aromatic heterocycles. The van der Waals surface area contributed by atoms with Gasteiger partial charge in [0.1, 0.15) is 5.82 Å². The van der Waals surface area contributed by atoms with Crippen LogP contribution in [0.25, 0.3) is 11.4 Å². The van der Waals surface area contributed by atoms with Gasteiger partial charge < -0.3 is 11.2 Å². The number of nitrogen functional groups attached to an aromatic ring is 1. The molecule has 3 N–H and O–H groups in total. The van der Waals surface area contributed by atoms with Crippen LogP contribution in [0.4, 0.5) is 4.39 Å². The Morgan fingerprint density at radius 3 is 2.67 bits per heavy atom. The SMILES string of the molecule is C[C@@H](NC(=O)CSc1nnc(-c2ccc(F)cc2)n1N)c1ccc2c(c1)CCCC2. The van der Waals surface area contributed by atoms with Crippen LogP contribution in [0.2, 0.25) is 0 Å². The molecule has 1 heterocycles. The lowest BCUT2D eigenvalue weighted by atomic mass is 9.89. The monoisotopic (exact) mass is 425 g/mol. The maximum atomic E-state index is 13.1. The van der Waals surface area contributed by atoms with Crippen LogP contribution in [0.15, 0.2) is 47.6 Å². The lowest BCUT2D eigenvalue weighted by molar-refractivity contribution is -0.119. The topological polar surface area (TPSA) is 85.8 Å². The molecule has 0 saturated carbocycles. The zero-order valence-electron chi connectivity index (χ0n) is 16.8. The zero-order valence-corrected chi connectivity index (χ0v) is 17.6. The van der Waals surface area contributed by atoms with Gasteiger partial charge in [0.15, 0.2) is 5.82 Å². The van der Waals surface area contributed by atoms with Gasteiger partial charge >= 0.3 is 0 Å². The second kappa shape index (κ2) is 8.87. The lowest BCUT2D eigenvalue weighted by Gasteiger charge is -2.20. The Kier molecular flexibility index (Phi) is 6.03. The third-order valence-corrected chi connectivity index (χ3v) is 6.29. The van der Waals surface area contributed by atoms with Crippen molar-refractivity contribution in [1.29, 1.82) is 0 Å². The molecule has 0 spiro atoms. The number of nitrogens with two attached hydrogens (primary N) is 1. The molecule has 0 radical (unpaired) electrons. The van der Waals surface area contributed by atoms with E-state index >= 15 is 0 Å². The second-order valence-electron chi connectivity index (χ2n) is 7.50. The van der Waals surface area contributed by atoms with Crippen LogP contribution in [-0.4, -0.2) is 26.5 Å². The van der Waals surface area contributed by atoms with Crippen molar-refractivity contribution in [3.8, 4) is 11.4 Å². The van der Waals surface area contributed by atoms with Crippen molar-refractivity contribution in [2.45, 2.75) is 43.8 Å². The van der Waals surface area contributed by atoms with Gasteiger partial charge in [-0.25, -0.2) is 9.07 Å². The van der Waals surface area contributed by atoms with Gasteiger partial charge in [-0.3, -0.25) is 4.79 Å². The van der Waals surface area contributed by atoms with Crippen LogP contribution in [0.5, 0.6) is 0 Å². The van der Waals surface area contributed by atoms with Crippen molar-refractivity contribution in [1.82, 2.24) is 20.2 Å². The highest BCUT2D eigenvalue weighted by Crippen LogP contribution is 2.25. The number of aromatic nitrogens is 3. The predicted octanol–water partition coefficient (Wildman–Crippen LogP) is 3.65. The van der Waals surface area contributed by atoms with Crippen LogP contribution in [-0.2, 0) is 17.6 Å². The van der Waals surface area contributed by atoms with E-state index in [0.717, 1.165) is 18.4 Å². The summed E-state index contributed by atoms with van der Waals surface area (Å²) in [6.45, 7) is 1.99. The van der Waals surface area contributed by atoms with Crippen LogP contribution < -0.4 is 11.2 Å². The molecule has 3 aromatic rings. The first kappa shape index (κ1) is 20.4. The fourth-order valence-corrected chi connectivity index (χ4v) is 4.36. The number of hydrogen-bond acceptors (Lipinski definition) is 5. The summed E-state index contributed by atoms with van der Waals surface area (Å²) in [6.07, 6.45) is 4.74. The van der Waals surface area contributed by atoms with Gasteiger partial charge in [0.25, 0.3) is 0 Å². The van der Waals surface area contributed by atoms with E-state index in [1.807, 2.05) is 6.92 Å². The van der Waals surface area contributed by atoms with Gasteiger partial charge in [-0.15, -0.1) is 10.2 Å². The third kappa shape index (κ3) is 4.48. The van der Waals surface area contributed by atoms with Crippen molar-refractivity contribution in [3.05, 3.63) is 65.0 Å². The number of hydrogen-bond donors (Lipinski definition) is 2. The molecule has 4 rings (SSSR count). The molecular formula is C22H24FN5OS. The normalized spacial score (nSPS) is 14.2. The van der Waals surface area contributed by atoms with Crippen molar-refractivity contribution in [2.75, 3.05) is 11.6 Å². The lowest BCUT2D eigenvalue weighted by Crippen LogP contribution is -2.28. The van der Waals surface area contributed by atoms with E-state index in [4.69, 9.17) is 5.84 Å². The average Bonchev–Trinajstić information content (AvgIpc) is 3.12. The third-order valence-electron chi connectivity index (χ3n) is 5.35. The fraction of sp³-hybridized carbons (Fsp3) is 0.318. The minimum absolute atomic E-state index is 0.0733. The van der Waals surface area contributed by atoms with Crippen LogP contribution in [0, 0.1) is 5.82 Å². The van der Waals surface area contributed by atoms with Gasteiger partial charge in [-0.1, -0.05) is 30.0 Å². The number of fused-ring (bicyclic) bond motifs is 1. The molecule has 1 aliphatic rings. The highest BCUT2D eigenvalue weighted by atomic mass is 32.2. The number of rotatable bonds is 6. The molecule has 1 aliphatic carbocycles. The fourth-order valence-electron chi connectivity index (χ4n) is 3.69. The number of carbonyl (C=O) groups excluding carboxylic acids is 1. The summed E-state index contributed by atoms with van der Waals surface area (Å²) in [5, 5.41) is 11.6. The standard InChI is InChI=1S/C22H24FN5OS/c1-14(17-7-6-15-4-2-3-5-18(15)12-17)25-20(29)13-30-22-27-26-21(28(22)24)16-8-10-19(23)11-9-16/h6-12,14H,2-5,13,24H2,1H3,(H,25,29)/t14-/m1/s1. The summed E-state index contributed by atoms with van der Waals surface area (Å²) < 4.78 is 14.4. The number of aryl methyl sites for hydroxylation is 2. The minimum atomic E-state index is -0.332. The van der Waals surface area contributed by atoms with Gasteiger partial charge in [0, 0.05) is 5.56 Å². The Labute approximate surface area is 179 Å². The predicted molar refractivity (Wildman–Crippen MR) is 116 cm³/mol. The molecule has 0 bridgehead atoms. The summed E-state index contributed by atoms with van der Waals surface area (Å²) in [4.78, 5) is 12.4. The van der Waals surface area contributed by atoms with E-state index < -0.39 is 0 Å². The molecule has 0 saturated heterocycles. The Hall–Kier alpha value is -2.87. The first-order valence-corrected chi connectivity index (χ1v) is 11.0. The molecule has 6 nitrogen and oxygen atoms in total. The smallest absolute Gasteiger partial charge is 0.230 e. The van der Waals surface area contributed by atoms with Gasteiger partial charge in [0.2, 0.25) is 11.1 Å². The number of halogens is 1. The van der Waals surface area contributed by atoms with E-state index in [-0.39, 0.29) is 23.5 Å². The first-order chi connectivity index (χ1) is 14.5. The molecular weight excluding hydrogens is 401 g/mol. The molecule has 30 heavy (non-hydrogen) atoms. The maximum Gasteiger partial charge on any atom is 0.230 e. The first-order valence-electron chi connectivity index (χ1n) is 10.0. The number of nitrogens with zero attached hydrogens (tertiary/aromatic N) is 3. The molecule has 0 aliphatic heterocycles. The minimum Gasteiger partial charge on any atom is -0.349 e. The Morgan fingerprint density at radius 1 is 1.17 bits per heavy atom. The Bertz CT molecular complexity index is 1050. The molecule has 0 unspecified atom stereocenters. The molecule has 2 aromatic carbocycles. The van der Waals surface area contributed by atoms with E-state index in [2.05, 4.69) is 33.7 Å². The average molecular weight is 426 g/mol. The van der Waals surface area contributed by atoms with Crippen molar-refractivity contribution >= 4 is 17.7 Å². The van der Waals surface area contributed by atoms with E-state index in [1.165, 1.54) is 52.5 Å². The van der Waals surface area contributed by atoms with Crippen molar-refractivity contribution in [3.63, 3.8) is 0 Å². The highest BCUT2D eigenvalue weighted by molar-refractivity contribution is 7.99. The molecule has 0 fully saturated rings. The highest BCUT2D eigenvalue weighted by Gasteiger charge is 2.17. The van der Waals surface area contributed by atoms with Crippen LogP contribution >= 0.6 is 11.8 Å². The number of carbonyl (C=O) groups is 1. The number of nitrogens with one attached hydrogen (secondary N) is 1. The zero-order chi connectivity index (χ0) is 21.1. The summed E-state index contributed by atoms with van der Waals surface area (Å²) >= 11 is 1.21. The quantitative estimate of drug-likeness (QED) is 0.465. The second-order valence-corrected chi connectivity index (χ2v) is 8.44. The summed E-state index contributed by atoms with van der Waals surface area (Å²) in [5.41, 5.74) is 4.61. The maximum absolute atomic E-state index is 13.1. The van der Waals surface area contributed by atoms with Crippen LogP contribution in [0.3, 0.4) is 0 Å². The Morgan fingerprint density at radius 2 is 1.90 bits per heavy atom. The van der Waals surface area contributed by atoms with E-state index in [0.29, 0.717) is 16.5 Å². The summed E-state index contributed by atoms with van der Waals surface area (Å²) in [5.74, 6) is 6.22. The van der Waals surface area contributed by atoms with Gasteiger partial charge in [0.05, 0.1) is 11.8 Å². The molecule has 1 amide bonds. The number of amides is 1. The van der Waals surface area contributed by atoms with Gasteiger partial charge in [-0.2, -0.15) is 0 Å². The molecule has 1 atom stereocenters. The van der Waals surface area contributed by atoms with E-state index in [9.17, 15) is 9.18 Å². The number of thioether (sulfide) groups is 1. The van der Waals surface area contributed by atoms with E-state index in [1.54, 1.807) is 12.1 Å². The van der Waals surface area contributed by atoms with Crippen molar-refractivity contribution in [2.24, 2.45) is 0 Å². The number of benzene rings is 2.